The number of ether oxygens (including phenoxy) is 1. The van der Waals surface area contributed by atoms with Crippen LogP contribution in [0.25, 0.3) is 0 Å². The van der Waals surface area contributed by atoms with Gasteiger partial charge >= 0.3 is 0 Å². The number of benzene rings is 1. The molecule has 0 saturated carbocycles. The zero-order valence-electron chi connectivity index (χ0n) is 10.0. The van der Waals surface area contributed by atoms with Gasteiger partial charge in [0.25, 0.3) is 0 Å². The van der Waals surface area contributed by atoms with Crippen LogP contribution in [0.1, 0.15) is 10.4 Å². The largest absolute Gasteiger partial charge is 0.504 e. The van der Waals surface area contributed by atoms with Crippen molar-refractivity contribution in [3.8, 4) is 17.2 Å². The number of aromatic hydroxyl groups is 2. The van der Waals surface area contributed by atoms with Gasteiger partial charge < -0.3 is 25.3 Å². The summed E-state index contributed by atoms with van der Waals surface area (Å²) in [4.78, 5) is 13.4. The Morgan fingerprint density at radius 3 is 2.35 bits per heavy atom. The van der Waals surface area contributed by atoms with Gasteiger partial charge in [0.05, 0.1) is 19.2 Å². The fourth-order valence-corrected chi connectivity index (χ4v) is 1.32. The minimum absolute atomic E-state index is 0. The first-order chi connectivity index (χ1) is 7.47. The van der Waals surface area contributed by atoms with Crippen molar-refractivity contribution < 1.29 is 25.2 Å². The van der Waals surface area contributed by atoms with Gasteiger partial charge in [-0.25, -0.2) is 0 Å². The van der Waals surface area contributed by atoms with Gasteiger partial charge in [-0.05, 0) is 26.2 Å². The van der Waals surface area contributed by atoms with E-state index in [1.54, 1.807) is 19.0 Å². The molecule has 1 aromatic carbocycles. The van der Waals surface area contributed by atoms with E-state index in [1.165, 1.54) is 19.2 Å². The van der Waals surface area contributed by atoms with Gasteiger partial charge in [0.1, 0.15) is 0 Å². The highest BCUT2D eigenvalue weighted by atomic mass is 16.5. The summed E-state index contributed by atoms with van der Waals surface area (Å²) in [5, 5.41) is 19.1. The van der Waals surface area contributed by atoms with E-state index in [2.05, 4.69) is 0 Å². The second kappa shape index (κ2) is 6.07. The lowest BCUT2D eigenvalue weighted by Gasteiger charge is -2.11. The minimum Gasteiger partial charge on any atom is -0.504 e. The Morgan fingerprint density at radius 2 is 1.88 bits per heavy atom. The first-order valence-electron chi connectivity index (χ1n) is 4.74. The molecule has 1 rings (SSSR count). The van der Waals surface area contributed by atoms with Crippen LogP contribution in [0.15, 0.2) is 12.1 Å². The standard InChI is InChI=1S/C11H15NO4.H2O/c1-12(2)6-8(13)7-4-5-9(16-3)11(15)10(7)14;/h4-5,14-15H,6H2,1-3H3;1H2. The number of phenols is 2. The summed E-state index contributed by atoms with van der Waals surface area (Å²) in [5.41, 5.74) is 0.0898. The number of hydrogen-bond donors (Lipinski definition) is 2. The van der Waals surface area contributed by atoms with Crippen LogP contribution in [0.3, 0.4) is 0 Å². The van der Waals surface area contributed by atoms with E-state index < -0.39 is 11.5 Å². The average molecular weight is 243 g/mol. The van der Waals surface area contributed by atoms with Crippen LogP contribution in [0.2, 0.25) is 0 Å². The molecule has 0 radical (unpaired) electrons. The molecular formula is C11H17NO5. The normalized spacial score (nSPS) is 9.88. The maximum absolute atomic E-state index is 11.7. The number of nitrogens with zero attached hydrogens (tertiary/aromatic N) is 1. The first-order valence-corrected chi connectivity index (χ1v) is 4.74. The lowest BCUT2D eigenvalue weighted by molar-refractivity contribution is 0.0954. The number of carbonyl (C=O) groups excluding carboxylic acids is 1. The third-order valence-electron chi connectivity index (χ3n) is 2.09. The predicted octanol–water partition coefficient (Wildman–Crippen LogP) is 0.0260. The van der Waals surface area contributed by atoms with Crippen molar-refractivity contribution in [1.29, 1.82) is 0 Å². The smallest absolute Gasteiger partial charge is 0.201 e. The topological polar surface area (TPSA) is 102 Å². The summed E-state index contributed by atoms with van der Waals surface area (Å²) >= 11 is 0. The number of carbonyl (C=O) groups is 1. The van der Waals surface area contributed by atoms with Crippen molar-refractivity contribution in [3.05, 3.63) is 17.7 Å². The molecule has 0 unspecified atom stereocenters. The number of rotatable bonds is 4. The highest BCUT2D eigenvalue weighted by Gasteiger charge is 2.17. The number of ketones is 1. The van der Waals surface area contributed by atoms with Crippen molar-refractivity contribution >= 4 is 5.78 Å². The Hall–Kier alpha value is -1.79. The van der Waals surface area contributed by atoms with E-state index in [0.29, 0.717) is 0 Å². The molecule has 4 N–H and O–H groups in total. The molecule has 96 valence electrons. The molecule has 1 aromatic rings. The molecule has 0 fully saturated rings. The summed E-state index contributed by atoms with van der Waals surface area (Å²) in [5.74, 6) is -0.974. The lowest BCUT2D eigenvalue weighted by atomic mass is 10.1. The van der Waals surface area contributed by atoms with Crippen molar-refractivity contribution in [2.45, 2.75) is 0 Å². The van der Waals surface area contributed by atoms with E-state index in [-0.39, 0.29) is 29.1 Å². The van der Waals surface area contributed by atoms with E-state index in [1.807, 2.05) is 0 Å². The molecule has 0 atom stereocenters. The number of Topliss-reactive ketones (excluding diaryl/α,β-unsaturated/α-hetero) is 1. The van der Waals surface area contributed by atoms with Crippen LogP contribution in [0, 0.1) is 0 Å². The van der Waals surface area contributed by atoms with E-state index in [0.717, 1.165) is 0 Å². The fourth-order valence-electron chi connectivity index (χ4n) is 1.32. The van der Waals surface area contributed by atoms with Gasteiger partial charge in [0.15, 0.2) is 17.3 Å². The van der Waals surface area contributed by atoms with E-state index in [4.69, 9.17) is 4.74 Å². The molecule has 6 heteroatoms. The van der Waals surface area contributed by atoms with E-state index in [9.17, 15) is 15.0 Å². The van der Waals surface area contributed by atoms with Gasteiger partial charge in [0, 0.05) is 0 Å². The second-order valence-corrected chi connectivity index (χ2v) is 3.67. The van der Waals surface area contributed by atoms with Gasteiger partial charge in [-0.1, -0.05) is 0 Å². The number of hydrogen-bond acceptors (Lipinski definition) is 5. The van der Waals surface area contributed by atoms with Crippen molar-refractivity contribution in [3.63, 3.8) is 0 Å². The van der Waals surface area contributed by atoms with Crippen molar-refractivity contribution in [1.82, 2.24) is 4.90 Å². The molecule has 0 bridgehead atoms. The SMILES string of the molecule is COc1ccc(C(=O)CN(C)C)c(O)c1O.O. The fraction of sp³-hybridized carbons (Fsp3) is 0.364. The Balaban J connectivity index is 0.00000256. The summed E-state index contributed by atoms with van der Waals surface area (Å²) in [6.07, 6.45) is 0. The first kappa shape index (κ1) is 15.2. The number of methoxy groups -OCH3 is 1. The quantitative estimate of drug-likeness (QED) is 0.573. The van der Waals surface area contributed by atoms with E-state index >= 15 is 0 Å². The molecule has 0 aliphatic heterocycles. The lowest BCUT2D eigenvalue weighted by Crippen LogP contribution is -2.21. The molecule has 0 aromatic heterocycles. The monoisotopic (exact) mass is 243 g/mol. The van der Waals surface area contributed by atoms with Gasteiger partial charge in [-0.15, -0.1) is 0 Å². The molecule has 0 aliphatic carbocycles. The maximum atomic E-state index is 11.7. The highest BCUT2D eigenvalue weighted by molar-refractivity contribution is 6.01. The van der Waals surface area contributed by atoms with Crippen LogP contribution in [0.5, 0.6) is 17.2 Å². The maximum Gasteiger partial charge on any atom is 0.201 e. The summed E-state index contributed by atoms with van der Waals surface area (Å²) in [6, 6.07) is 2.87. The predicted molar refractivity (Wildman–Crippen MR) is 62.8 cm³/mol. The third-order valence-corrected chi connectivity index (χ3v) is 2.09. The van der Waals surface area contributed by atoms with Crippen molar-refractivity contribution in [2.75, 3.05) is 27.7 Å². The molecule has 0 saturated heterocycles. The minimum atomic E-state index is -0.439. The van der Waals surface area contributed by atoms with Crippen LogP contribution in [-0.2, 0) is 0 Å². The highest BCUT2D eigenvalue weighted by Crippen LogP contribution is 2.37. The summed E-state index contributed by atoms with van der Waals surface area (Å²) < 4.78 is 4.81. The summed E-state index contributed by atoms with van der Waals surface area (Å²) in [7, 11) is 4.87. The summed E-state index contributed by atoms with van der Waals surface area (Å²) in [6.45, 7) is 0.166. The molecule has 17 heavy (non-hydrogen) atoms. The van der Waals surface area contributed by atoms with Crippen LogP contribution < -0.4 is 4.74 Å². The molecule has 0 aliphatic rings. The Morgan fingerprint density at radius 1 is 1.29 bits per heavy atom. The average Bonchev–Trinajstić information content (AvgIpc) is 2.20. The van der Waals surface area contributed by atoms with Crippen LogP contribution in [-0.4, -0.2) is 54.1 Å². The van der Waals surface area contributed by atoms with Gasteiger partial charge in [-0.3, -0.25) is 4.79 Å². The Labute approximate surface area is 99.4 Å². The molecule has 0 spiro atoms. The number of phenolic OH excluding ortho intramolecular Hbond substituents is 2. The van der Waals surface area contributed by atoms with Crippen molar-refractivity contribution in [2.24, 2.45) is 0 Å². The van der Waals surface area contributed by atoms with Gasteiger partial charge in [-0.2, -0.15) is 0 Å². The Bertz CT molecular complexity index is 403. The molecule has 6 nitrogen and oxygen atoms in total. The Kier molecular flexibility index (Phi) is 5.43. The van der Waals surface area contributed by atoms with Gasteiger partial charge in [0.2, 0.25) is 5.75 Å². The van der Waals surface area contributed by atoms with Crippen LogP contribution >= 0.6 is 0 Å². The zero-order valence-corrected chi connectivity index (χ0v) is 10.0. The third kappa shape index (κ3) is 3.33. The second-order valence-electron chi connectivity index (χ2n) is 3.67. The van der Waals surface area contributed by atoms with Crippen LogP contribution in [0.4, 0.5) is 0 Å². The zero-order chi connectivity index (χ0) is 12.3. The molecular weight excluding hydrogens is 226 g/mol. The molecule has 0 heterocycles. The number of likely N-dealkylation sites (N-methyl/N-ethyl adjacent to an activating group) is 1. The molecule has 0 amide bonds.